The van der Waals surface area contributed by atoms with Crippen molar-refractivity contribution in [2.24, 2.45) is 0 Å². The van der Waals surface area contributed by atoms with Gasteiger partial charge in [-0.25, -0.2) is 9.78 Å². The van der Waals surface area contributed by atoms with Crippen molar-refractivity contribution >= 4 is 5.97 Å². The van der Waals surface area contributed by atoms with Crippen LogP contribution < -0.4 is 0 Å². The zero-order chi connectivity index (χ0) is 15.4. The predicted molar refractivity (Wildman–Crippen MR) is 82.0 cm³/mol. The third-order valence-electron chi connectivity index (χ3n) is 3.20. The molecule has 3 rings (SSSR count). The molecule has 3 heterocycles. The lowest BCUT2D eigenvalue weighted by atomic mass is 10.0. The van der Waals surface area contributed by atoms with Crippen LogP contribution in [0, 0.1) is 0 Å². The summed E-state index contributed by atoms with van der Waals surface area (Å²) < 4.78 is 4.85. The molecule has 0 radical (unpaired) electrons. The number of carbonyl (C=O) groups is 1. The van der Waals surface area contributed by atoms with E-state index in [4.69, 9.17) is 4.74 Å². The lowest BCUT2D eigenvalue weighted by Gasteiger charge is -2.09. The van der Waals surface area contributed by atoms with Gasteiger partial charge in [-0.1, -0.05) is 6.07 Å². The van der Waals surface area contributed by atoms with Crippen LogP contribution in [0.25, 0.3) is 22.4 Å². The maximum Gasteiger partial charge on any atom is 0.357 e. The van der Waals surface area contributed by atoms with E-state index in [1.54, 1.807) is 24.8 Å². The summed E-state index contributed by atoms with van der Waals surface area (Å²) in [6.45, 7) is 0. The first-order valence-electron chi connectivity index (χ1n) is 6.70. The summed E-state index contributed by atoms with van der Waals surface area (Å²) in [5, 5.41) is 0. The van der Waals surface area contributed by atoms with E-state index < -0.39 is 5.97 Å². The van der Waals surface area contributed by atoms with Crippen molar-refractivity contribution in [3.05, 3.63) is 66.9 Å². The fourth-order valence-corrected chi connectivity index (χ4v) is 2.14. The van der Waals surface area contributed by atoms with Crippen molar-refractivity contribution in [3.63, 3.8) is 0 Å². The summed E-state index contributed by atoms with van der Waals surface area (Å²) in [6.07, 6.45) is 6.76. The molecule has 0 saturated heterocycles. The van der Waals surface area contributed by atoms with Gasteiger partial charge in [-0.15, -0.1) is 0 Å². The minimum absolute atomic E-state index is 0.261. The van der Waals surface area contributed by atoms with Crippen molar-refractivity contribution in [2.75, 3.05) is 7.11 Å². The van der Waals surface area contributed by atoms with E-state index in [0.717, 1.165) is 11.1 Å². The molecule has 0 atom stereocenters. The fourth-order valence-electron chi connectivity index (χ4n) is 2.14. The number of pyridine rings is 3. The Morgan fingerprint density at radius 3 is 2.23 bits per heavy atom. The third-order valence-corrected chi connectivity index (χ3v) is 3.20. The molecule has 3 aromatic rings. The van der Waals surface area contributed by atoms with Gasteiger partial charge in [0.1, 0.15) is 0 Å². The molecule has 0 aromatic carbocycles. The van der Waals surface area contributed by atoms with Crippen molar-refractivity contribution < 1.29 is 9.53 Å². The van der Waals surface area contributed by atoms with Crippen LogP contribution in [0.4, 0.5) is 0 Å². The highest BCUT2D eigenvalue weighted by Gasteiger charge is 2.16. The molecule has 0 spiro atoms. The molecule has 0 aliphatic heterocycles. The van der Waals surface area contributed by atoms with E-state index >= 15 is 0 Å². The second kappa shape index (κ2) is 6.13. The largest absolute Gasteiger partial charge is 0.464 e. The predicted octanol–water partition coefficient (Wildman–Crippen LogP) is 2.99. The topological polar surface area (TPSA) is 65.0 Å². The quantitative estimate of drug-likeness (QED) is 0.694. The average molecular weight is 291 g/mol. The number of hydrogen-bond acceptors (Lipinski definition) is 5. The summed E-state index contributed by atoms with van der Waals surface area (Å²) in [6, 6.07) is 11.1. The maximum atomic E-state index is 12.1. The van der Waals surface area contributed by atoms with Gasteiger partial charge >= 0.3 is 5.97 Å². The minimum atomic E-state index is -0.482. The van der Waals surface area contributed by atoms with Crippen LogP contribution in [0.15, 0.2) is 61.2 Å². The molecule has 0 aliphatic carbocycles. The number of carbonyl (C=O) groups excluding carboxylic acids is 1. The maximum absolute atomic E-state index is 12.1. The smallest absolute Gasteiger partial charge is 0.357 e. The van der Waals surface area contributed by atoms with E-state index in [1.165, 1.54) is 7.11 Å². The number of nitrogens with zero attached hydrogens (tertiary/aromatic N) is 3. The Morgan fingerprint density at radius 1 is 0.955 bits per heavy atom. The Bertz CT molecular complexity index is 790. The summed E-state index contributed by atoms with van der Waals surface area (Å²) >= 11 is 0. The first-order chi connectivity index (χ1) is 10.8. The summed E-state index contributed by atoms with van der Waals surface area (Å²) in [7, 11) is 1.34. The van der Waals surface area contributed by atoms with E-state index in [2.05, 4.69) is 15.0 Å². The average Bonchev–Trinajstić information content (AvgIpc) is 2.62. The van der Waals surface area contributed by atoms with Gasteiger partial charge in [0.05, 0.1) is 12.8 Å². The molecular weight excluding hydrogens is 278 g/mol. The van der Waals surface area contributed by atoms with Gasteiger partial charge in [-0.05, 0) is 30.3 Å². The zero-order valence-electron chi connectivity index (χ0n) is 11.9. The lowest BCUT2D eigenvalue weighted by molar-refractivity contribution is 0.0595. The normalized spacial score (nSPS) is 10.2. The van der Waals surface area contributed by atoms with Crippen molar-refractivity contribution in [2.45, 2.75) is 0 Å². The molecule has 0 bridgehead atoms. The number of methoxy groups -OCH3 is 1. The second-order valence-electron chi connectivity index (χ2n) is 4.57. The van der Waals surface area contributed by atoms with Gasteiger partial charge in [0, 0.05) is 41.5 Å². The van der Waals surface area contributed by atoms with E-state index in [1.807, 2.05) is 36.4 Å². The zero-order valence-corrected chi connectivity index (χ0v) is 11.9. The molecule has 5 nitrogen and oxygen atoms in total. The molecule has 0 amide bonds. The van der Waals surface area contributed by atoms with Gasteiger partial charge in [0.2, 0.25) is 0 Å². The number of hydrogen-bond donors (Lipinski definition) is 0. The molecule has 3 aromatic heterocycles. The number of esters is 1. The van der Waals surface area contributed by atoms with Crippen LogP contribution in [0.3, 0.4) is 0 Å². The molecular formula is C17H13N3O2. The van der Waals surface area contributed by atoms with Crippen LogP contribution in [-0.4, -0.2) is 28.0 Å². The molecule has 22 heavy (non-hydrogen) atoms. The third kappa shape index (κ3) is 2.69. The molecule has 108 valence electrons. The first-order valence-corrected chi connectivity index (χ1v) is 6.70. The first kappa shape index (κ1) is 13.9. The Labute approximate surface area is 127 Å². The minimum Gasteiger partial charge on any atom is -0.464 e. The number of ether oxygens (including phenoxy) is 1. The second-order valence-corrected chi connectivity index (χ2v) is 4.57. The van der Waals surface area contributed by atoms with Crippen molar-refractivity contribution in [1.82, 2.24) is 15.0 Å². The van der Waals surface area contributed by atoms with Gasteiger partial charge in [0.15, 0.2) is 5.69 Å². The van der Waals surface area contributed by atoms with Crippen molar-refractivity contribution in [1.29, 1.82) is 0 Å². The van der Waals surface area contributed by atoms with Crippen LogP contribution in [-0.2, 0) is 4.74 Å². The summed E-state index contributed by atoms with van der Waals surface area (Å²) in [5.74, 6) is -0.482. The Balaban J connectivity index is 2.14. The highest BCUT2D eigenvalue weighted by atomic mass is 16.5. The van der Waals surface area contributed by atoms with Crippen LogP contribution in [0.1, 0.15) is 10.5 Å². The molecule has 0 unspecified atom stereocenters. The van der Waals surface area contributed by atoms with Gasteiger partial charge in [0.25, 0.3) is 0 Å². The van der Waals surface area contributed by atoms with Crippen LogP contribution in [0.2, 0.25) is 0 Å². The van der Waals surface area contributed by atoms with Gasteiger partial charge in [-0.2, -0.15) is 0 Å². The van der Waals surface area contributed by atoms with E-state index in [0.29, 0.717) is 11.3 Å². The standard InChI is InChI=1S/C17H13N3O2/c1-22-17(21)16-14(12-4-2-8-18-10-12)6-7-15(20-16)13-5-3-9-19-11-13/h2-11H,1H3. The lowest BCUT2D eigenvalue weighted by Crippen LogP contribution is -2.07. The van der Waals surface area contributed by atoms with Crippen LogP contribution in [0.5, 0.6) is 0 Å². The highest BCUT2D eigenvalue weighted by Crippen LogP contribution is 2.26. The summed E-state index contributed by atoms with van der Waals surface area (Å²) in [5.41, 5.74) is 3.27. The molecule has 0 N–H and O–H groups in total. The van der Waals surface area contributed by atoms with E-state index in [9.17, 15) is 4.79 Å². The Morgan fingerprint density at radius 2 is 1.64 bits per heavy atom. The van der Waals surface area contributed by atoms with Gasteiger partial charge < -0.3 is 4.74 Å². The van der Waals surface area contributed by atoms with Crippen molar-refractivity contribution in [3.8, 4) is 22.4 Å². The Kier molecular flexibility index (Phi) is 3.87. The highest BCUT2D eigenvalue weighted by molar-refractivity contribution is 5.95. The fraction of sp³-hybridized carbons (Fsp3) is 0.0588. The summed E-state index contributed by atoms with van der Waals surface area (Å²) in [4.78, 5) is 24.7. The SMILES string of the molecule is COC(=O)c1nc(-c2cccnc2)ccc1-c1cccnc1. The molecule has 0 aliphatic rings. The molecule has 0 saturated carbocycles. The van der Waals surface area contributed by atoms with Crippen LogP contribution >= 0.6 is 0 Å². The molecule has 0 fully saturated rings. The Hall–Kier alpha value is -3.08. The monoisotopic (exact) mass is 291 g/mol. The van der Waals surface area contributed by atoms with Gasteiger partial charge in [-0.3, -0.25) is 9.97 Å². The van der Waals surface area contributed by atoms with E-state index in [-0.39, 0.29) is 5.69 Å². The molecule has 5 heteroatoms. The number of aromatic nitrogens is 3. The number of rotatable bonds is 3.